The normalized spacial score (nSPS) is 33.0. The number of benzene rings is 1. The number of carbonyl (C=O) groups is 1. The van der Waals surface area contributed by atoms with E-state index in [1.807, 2.05) is 24.3 Å². The Kier molecular flexibility index (Phi) is 3.88. The molecule has 5 N–H and O–H groups in total. The molecule has 6 heteroatoms. The first-order chi connectivity index (χ1) is 13.4. The number of aromatic carboxylic acids is 1. The van der Waals surface area contributed by atoms with Gasteiger partial charge in [-0.15, -0.1) is 0 Å². The van der Waals surface area contributed by atoms with E-state index in [4.69, 9.17) is 5.73 Å². The molecule has 6 nitrogen and oxygen atoms in total. The predicted octanol–water partition coefficient (Wildman–Crippen LogP) is 3.38. The average molecular weight is 379 g/mol. The minimum atomic E-state index is -1.01. The highest BCUT2D eigenvalue weighted by Crippen LogP contribution is 2.56. The van der Waals surface area contributed by atoms with Crippen LogP contribution in [0.5, 0.6) is 0 Å². The number of aliphatic hydroxyl groups is 1. The minimum Gasteiger partial charge on any atom is -0.478 e. The number of hydrogen-bond acceptors (Lipinski definition) is 5. The van der Waals surface area contributed by atoms with Gasteiger partial charge < -0.3 is 21.3 Å². The van der Waals surface area contributed by atoms with Gasteiger partial charge in [-0.1, -0.05) is 18.2 Å². The van der Waals surface area contributed by atoms with Crippen molar-refractivity contribution < 1.29 is 15.0 Å². The number of rotatable bonds is 4. The van der Waals surface area contributed by atoms with Crippen LogP contribution >= 0.6 is 0 Å². The summed E-state index contributed by atoms with van der Waals surface area (Å²) in [6.07, 6.45) is 7.82. The van der Waals surface area contributed by atoms with Crippen molar-refractivity contribution >= 4 is 17.3 Å². The van der Waals surface area contributed by atoms with Crippen LogP contribution in [0.1, 0.15) is 42.5 Å². The second-order valence-electron chi connectivity index (χ2n) is 8.87. The van der Waals surface area contributed by atoms with Gasteiger partial charge >= 0.3 is 5.97 Å². The summed E-state index contributed by atoms with van der Waals surface area (Å²) < 4.78 is 0. The molecule has 1 aromatic heterocycles. The Morgan fingerprint density at radius 3 is 2.46 bits per heavy atom. The third-order valence-corrected chi connectivity index (χ3v) is 6.98. The Labute approximate surface area is 163 Å². The standard InChI is InChI=1S/C22H25N3O3/c23-18-4-2-1-3-15(18)16-10-24-11-17(21(26)27)20(16)25-19-13-5-12-6-14(19)9-22(28,7-12)8-13/h1-4,10-14,19,28H,5-9,23H2,(H,24,25)(H,26,27)/t12?,13-,14+,19?,22?. The number of pyridine rings is 1. The van der Waals surface area contributed by atoms with Crippen LogP contribution in [0.4, 0.5) is 11.4 Å². The van der Waals surface area contributed by atoms with Crippen molar-refractivity contribution in [2.75, 3.05) is 11.1 Å². The molecule has 3 unspecified atom stereocenters. The van der Waals surface area contributed by atoms with E-state index in [1.165, 1.54) is 6.20 Å². The Bertz CT molecular complexity index is 928. The van der Waals surface area contributed by atoms with E-state index in [0.29, 0.717) is 34.7 Å². The van der Waals surface area contributed by atoms with Crippen LogP contribution in [-0.2, 0) is 0 Å². The van der Waals surface area contributed by atoms with Crippen molar-refractivity contribution in [2.45, 2.75) is 43.7 Å². The largest absolute Gasteiger partial charge is 0.478 e. The van der Waals surface area contributed by atoms with Gasteiger partial charge in [0.25, 0.3) is 0 Å². The number of carboxylic acids is 1. The second-order valence-corrected chi connectivity index (χ2v) is 8.87. The lowest BCUT2D eigenvalue weighted by Gasteiger charge is -2.58. The summed E-state index contributed by atoms with van der Waals surface area (Å²) in [5.74, 6) is 0.328. The Morgan fingerprint density at radius 2 is 1.82 bits per heavy atom. The molecule has 1 aromatic carbocycles. The first-order valence-corrected chi connectivity index (χ1v) is 9.98. The van der Waals surface area contributed by atoms with Gasteiger partial charge in [0.05, 0.1) is 11.3 Å². The molecule has 5 atom stereocenters. The van der Waals surface area contributed by atoms with Crippen molar-refractivity contribution in [1.82, 2.24) is 4.98 Å². The number of nitrogens with one attached hydrogen (secondary N) is 1. The first-order valence-electron chi connectivity index (χ1n) is 9.98. The lowest BCUT2D eigenvalue weighted by Crippen LogP contribution is -2.59. The highest BCUT2D eigenvalue weighted by molar-refractivity contribution is 6.00. The van der Waals surface area contributed by atoms with Crippen LogP contribution in [0.3, 0.4) is 0 Å². The number of aromatic nitrogens is 1. The molecule has 146 valence electrons. The molecule has 0 amide bonds. The van der Waals surface area contributed by atoms with Gasteiger partial charge in [0.1, 0.15) is 5.56 Å². The molecular weight excluding hydrogens is 354 g/mol. The average Bonchev–Trinajstić information content (AvgIpc) is 2.63. The van der Waals surface area contributed by atoms with Gasteiger partial charge in [0.2, 0.25) is 0 Å². The minimum absolute atomic E-state index is 0.160. The number of carboxylic acid groups (broad SMARTS) is 1. The smallest absolute Gasteiger partial charge is 0.339 e. The summed E-state index contributed by atoms with van der Waals surface area (Å²) in [6.45, 7) is 0. The summed E-state index contributed by atoms with van der Waals surface area (Å²) >= 11 is 0. The molecule has 0 spiro atoms. The van der Waals surface area contributed by atoms with Crippen molar-refractivity contribution in [3.8, 4) is 11.1 Å². The van der Waals surface area contributed by atoms with Crippen LogP contribution in [0, 0.1) is 17.8 Å². The zero-order chi connectivity index (χ0) is 19.5. The number of para-hydroxylation sites is 1. The maximum Gasteiger partial charge on any atom is 0.339 e. The van der Waals surface area contributed by atoms with E-state index in [-0.39, 0.29) is 11.6 Å². The number of hydrogen-bond donors (Lipinski definition) is 4. The fraction of sp³-hybridized carbons (Fsp3) is 0.455. The van der Waals surface area contributed by atoms with Gasteiger partial charge in [-0.25, -0.2) is 4.79 Å². The van der Waals surface area contributed by atoms with E-state index in [0.717, 1.165) is 37.7 Å². The topological polar surface area (TPSA) is 108 Å². The number of nitrogens with two attached hydrogens (primary N) is 1. The number of nitrogen functional groups attached to an aromatic ring is 1. The lowest BCUT2D eigenvalue weighted by molar-refractivity contribution is -0.129. The molecule has 0 saturated heterocycles. The SMILES string of the molecule is Nc1ccccc1-c1cncc(C(=O)O)c1NC1[C@@H]2CC3C[C@H]1CC(O)(C3)C2. The first kappa shape index (κ1) is 17.5. The highest BCUT2D eigenvalue weighted by Gasteiger charge is 2.54. The molecule has 6 rings (SSSR count). The number of anilines is 2. The van der Waals surface area contributed by atoms with Crippen LogP contribution in [0.15, 0.2) is 36.7 Å². The van der Waals surface area contributed by atoms with Crippen LogP contribution in [-0.4, -0.2) is 32.8 Å². The molecule has 1 heterocycles. The van der Waals surface area contributed by atoms with E-state index < -0.39 is 11.6 Å². The maximum atomic E-state index is 11.9. The molecule has 0 aliphatic heterocycles. The van der Waals surface area contributed by atoms with Gasteiger partial charge in [0, 0.05) is 35.2 Å². The fourth-order valence-corrected chi connectivity index (χ4v) is 6.11. The Hall–Kier alpha value is -2.60. The van der Waals surface area contributed by atoms with Crippen molar-refractivity contribution in [2.24, 2.45) is 17.8 Å². The number of nitrogens with zero attached hydrogens (tertiary/aromatic N) is 1. The van der Waals surface area contributed by atoms with Gasteiger partial charge in [-0.3, -0.25) is 4.98 Å². The zero-order valence-corrected chi connectivity index (χ0v) is 15.6. The van der Waals surface area contributed by atoms with E-state index >= 15 is 0 Å². The fourth-order valence-electron chi connectivity index (χ4n) is 6.11. The molecule has 4 fully saturated rings. The van der Waals surface area contributed by atoms with Crippen LogP contribution in [0.25, 0.3) is 11.1 Å². The van der Waals surface area contributed by atoms with Crippen LogP contribution in [0.2, 0.25) is 0 Å². The summed E-state index contributed by atoms with van der Waals surface area (Å²) in [5, 5.41) is 24.2. The van der Waals surface area contributed by atoms with Gasteiger partial charge in [-0.2, -0.15) is 0 Å². The third-order valence-electron chi connectivity index (χ3n) is 6.98. The van der Waals surface area contributed by atoms with Gasteiger partial charge in [0.15, 0.2) is 0 Å². The monoisotopic (exact) mass is 379 g/mol. The zero-order valence-electron chi connectivity index (χ0n) is 15.6. The molecular formula is C22H25N3O3. The Morgan fingerprint density at radius 1 is 1.11 bits per heavy atom. The second kappa shape index (κ2) is 6.21. The summed E-state index contributed by atoms with van der Waals surface area (Å²) in [4.78, 5) is 16.1. The molecule has 4 aliphatic rings. The lowest BCUT2D eigenvalue weighted by atomic mass is 9.52. The molecule has 28 heavy (non-hydrogen) atoms. The Balaban J connectivity index is 1.56. The van der Waals surface area contributed by atoms with Crippen molar-refractivity contribution in [1.29, 1.82) is 0 Å². The molecule has 2 aromatic rings. The van der Waals surface area contributed by atoms with Crippen molar-refractivity contribution in [3.05, 3.63) is 42.2 Å². The predicted molar refractivity (Wildman–Crippen MR) is 107 cm³/mol. The van der Waals surface area contributed by atoms with E-state index in [1.54, 1.807) is 6.20 Å². The summed E-state index contributed by atoms with van der Waals surface area (Å²) in [7, 11) is 0. The molecule has 0 radical (unpaired) electrons. The van der Waals surface area contributed by atoms with Crippen molar-refractivity contribution in [3.63, 3.8) is 0 Å². The van der Waals surface area contributed by atoms with Gasteiger partial charge in [-0.05, 0) is 55.9 Å². The van der Waals surface area contributed by atoms with E-state index in [9.17, 15) is 15.0 Å². The molecule has 4 saturated carbocycles. The van der Waals surface area contributed by atoms with Crippen LogP contribution < -0.4 is 11.1 Å². The molecule has 4 aliphatic carbocycles. The third kappa shape index (κ3) is 2.75. The maximum absolute atomic E-state index is 11.9. The summed E-state index contributed by atoms with van der Waals surface area (Å²) in [6, 6.07) is 7.62. The highest BCUT2D eigenvalue weighted by atomic mass is 16.4. The summed E-state index contributed by atoms with van der Waals surface area (Å²) in [5.41, 5.74) is 8.49. The quantitative estimate of drug-likeness (QED) is 0.607. The molecule has 4 bridgehead atoms. The van der Waals surface area contributed by atoms with E-state index in [2.05, 4.69) is 10.3 Å².